The summed E-state index contributed by atoms with van der Waals surface area (Å²) in [6.07, 6.45) is 3.03. The van der Waals surface area contributed by atoms with Gasteiger partial charge in [0.05, 0.1) is 12.1 Å². The lowest BCUT2D eigenvalue weighted by molar-refractivity contribution is -0.123. The van der Waals surface area contributed by atoms with Crippen molar-refractivity contribution in [2.24, 2.45) is 5.92 Å². The highest BCUT2D eigenvalue weighted by molar-refractivity contribution is 5.76. The number of rotatable bonds is 4. The fourth-order valence-corrected chi connectivity index (χ4v) is 1.77. The second kappa shape index (κ2) is 5.35. The van der Waals surface area contributed by atoms with Crippen LogP contribution in [0.25, 0.3) is 0 Å². The van der Waals surface area contributed by atoms with Gasteiger partial charge in [0.15, 0.2) is 0 Å². The van der Waals surface area contributed by atoms with Crippen LogP contribution in [0.1, 0.15) is 40.0 Å². The van der Waals surface area contributed by atoms with Crippen LogP contribution >= 0.6 is 0 Å². The summed E-state index contributed by atoms with van der Waals surface area (Å²) in [4.78, 5) is 11.5. The maximum Gasteiger partial charge on any atom is 0.220 e. The number of hydrogen-bond acceptors (Lipinski definition) is 2. The Morgan fingerprint density at radius 1 is 1.50 bits per heavy atom. The lowest BCUT2D eigenvalue weighted by atomic mass is 10.1. The molecule has 3 heteroatoms. The third kappa shape index (κ3) is 3.66. The van der Waals surface area contributed by atoms with Crippen LogP contribution < -0.4 is 5.32 Å². The van der Waals surface area contributed by atoms with Gasteiger partial charge in [-0.25, -0.2) is 0 Å². The van der Waals surface area contributed by atoms with E-state index in [1.165, 1.54) is 0 Å². The summed E-state index contributed by atoms with van der Waals surface area (Å²) in [5, 5.41) is 2.99. The van der Waals surface area contributed by atoms with Crippen LogP contribution in [0.3, 0.4) is 0 Å². The van der Waals surface area contributed by atoms with E-state index in [0.717, 1.165) is 19.4 Å². The van der Waals surface area contributed by atoms with Crippen LogP contribution in [-0.2, 0) is 9.53 Å². The first-order valence-electron chi connectivity index (χ1n) is 5.50. The van der Waals surface area contributed by atoms with E-state index in [9.17, 15) is 4.79 Å². The van der Waals surface area contributed by atoms with Crippen molar-refractivity contribution >= 4 is 5.91 Å². The predicted molar refractivity (Wildman–Crippen MR) is 56.0 cm³/mol. The lowest BCUT2D eigenvalue weighted by Crippen LogP contribution is -2.41. The molecule has 1 rings (SSSR count). The fraction of sp³-hybridized carbons (Fsp3) is 0.909. The van der Waals surface area contributed by atoms with Gasteiger partial charge < -0.3 is 10.1 Å². The molecule has 82 valence electrons. The van der Waals surface area contributed by atoms with Crippen LogP contribution in [0, 0.1) is 5.92 Å². The third-order valence-corrected chi connectivity index (χ3v) is 2.50. The van der Waals surface area contributed by atoms with Crippen molar-refractivity contribution in [1.29, 1.82) is 0 Å². The van der Waals surface area contributed by atoms with Crippen molar-refractivity contribution in [3.05, 3.63) is 0 Å². The van der Waals surface area contributed by atoms with E-state index < -0.39 is 0 Å². The van der Waals surface area contributed by atoms with Crippen molar-refractivity contribution < 1.29 is 9.53 Å². The Morgan fingerprint density at radius 2 is 2.21 bits per heavy atom. The highest BCUT2D eigenvalue weighted by Crippen LogP contribution is 2.15. The van der Waals surface area contributed by atoms with E-state index in [2.05, 4.69) is 19.2 Å². The molecule has 0 saturated carbocycles. The zero-order valence-electron chi connectivity index (χ0n) is 9.38. The largest absolute Gasteiger partial charge is 0.376 e. The summed E-state index contributed by atoms with van der Waals surface area (Å²) < 4.78 is 5.51. The second-order valence-corrected chi connectivity index (χ2v) is 4.51. The second-order valence-electron chi connectivity index (χ2n) is 4.51. The molecule has 1 amide bonds. The highest BCUT2D eigenvalue weighted by atomic mass is 16.5. The highest BCUT2D eigenvalue weighted by Gasteiger charge is 2.23. The molecule has 0 aromatic carbocycles. The van der Waals surface area contributed by atoms with Crippen molar-refractivity contribution in [3.63, 3.8) is 0 Å². The normalized spacial score (nSPS) is 23.9. The molecule has 0 bridgehead atoms. The first-order valence-corrected chi connectivity index (χ1v) is 5.50. The number of hydrogen-bond donors (Lipinski definition) is 1. The van der Waals surface area contributed by atoms with Gasteiger partial charge in [-0.15, -0.1) is 0 Å². The Bertz CT molecular complexity index is 186. The minimum Gasteiger partial charge on any atom is -0.376 e. The van der Waals surface area contributed by atoms with Gasteiger partial charge in [-0.05, 0) is 25.7 Å². The third-order valence-electron chi connectivity index (χ3n) is 2.50. The molecule has 14 heavy (non-hydrogen) atoms. The fourth-order valence-electron chi connectivity index (χ4n) is 1.77. The zero-order valence-corrected chi connectivity index (χ0v) is 9.38. The Labute approximate surface area is 86.2 Å². The van der Waals surface area contributed by atoms with E-state index >= 15 is 0 Å². The van der Waals surface area contributed by atoms with Crippen molar-refractivity contribution in [1.82, 2.24) is 5.32 Å². The summed E-state index contributed by atoms with van der Waals surface area (Å²) in [6, 6.07) is 0.156. The Balaban J connectivity index is 2.24. The summed E-state index contributed by atoms with van der Waals surface area (Å²) in [5.74, 6) is 0.565. The van der Waals surface area contributed by atoms with Gasteiger partial charge in [0.2, 0.25) is 5.91 Å². The molecule has 0 aromatic rings. The van der Waals surface area contributed by atoms with E-state index in [4.69, 9.17) is 4.74 Å². The van der Waals surface area contributed by atoms with Gasteiger partial charge in [0.1, 0.15) is 0 Å². The molecule has 1 N–H and O–H groups in total. The summed E-state index contributed by atoms with van der Waals surface area (Å²) >= 11 is 0. The topological polar surface area (TPSA) is 38.3 Å². The molecule has 1 aliphatic rings. The molecule has 3 nitrogen and oxygen atoms in total. The van der Waals surface area contributed by atoms with Gasteiger partial charge >= 0.3 is 0 Å². The number of carbonyl (C=O) groups excluding carboxylic acids is 1. The first kappa shape index (κ1) is 11.5. The van der Waals surface area contributed by atoms with Gasteiger partial charge in [0, 0.05) is 13.0 Å². The summed E-state index contributed by atoms with van der Waals surface area (Å²) in [7, 11) is 0. The Morgan fingerprint density at radius 3 is 2.71 bits per heavy atom. The van der Waals surface area contributed by atoms with Crippen LogP contribution in [0.2, 0.25) is 0 Å². The molecule has 1 heterocycles. The average molecular weight is 199 g/mol. The number of carbonyl (C=O) groups is 1. The standard InChI is InChI=1S/C11H21NO2/c1-8(2)7-11(13)12-9(3)10-5-4-6-14-10/h8-10H,4-7H2,1-3H3,(H,12,13). The maximum atomic E-state index is 11.5. The first-order chi connectivity index (χ1) is 6.59. The molecule has 2 atom stereocenters. The smallest absolute Gasteiger partial charge is 0.220 e. The number of nitrogens with one attached hydrogen (secondary N) is 1. The number of amides is 1. The molecular weight excluding hydrogens is 178 g/mol. The number of ether oxygens (including phenoxy) is 1. The minimum atomic E-state index is 0.142. The van der Waals surface area contributed by atoms with Crippen molar-refractivity contribution in [2.45, 2.75) is 52.2 Å². The monoisotopic (exact) mass is 199 g/mol. The van der Waals surface area contributed by atoms with Crippen molar-refractivity contribution in [3.8, 4) is 0 Å². The quantitative estimate of drug-likeness (QED) is 0.748. The van der Waals surface area contributed by atoms with Gasteiger partial charge in [-0.2, -0.15) is 0 Å². The van der Waals surface area contributed by atoms with E-state index in [1.807, 2.05) is 6.92 Å². The van der Waals surface area contributed by atoms with E-state index in [-0.39, 0.29) is 18.1 Å². The SMILES string of the molecule is CC(C)CC(=O)NC(C)C1CCCO1. The van der Waals surface area contributed by atoms with Crippen molar-refractivity contribution in [2.75, 3.05) is 6.61 Å². The van der Waals surface area contributed by atoms with Crippen LogP contribution in [0.5, 0.6) is 0 Å². The van der Waals surface area contributed by atoms with E-state index in [1.54, 1.807) is 0 Å². The van der Waals surface area contributed by atoms with Gasteiger partial charge in [-0.3, -0.25) is 4.79 Å². The molecule has 0 aliphatic carbocycles. The van der Waals surface area contributed by atoms with Gasteiger partial charge in [-0.1, -0.05) is 13.8 Å². The maximum absolute atomic E-state index is 11.5. The van der Waals surface area contributed by atoms with Gasteiger partial charge in [0.25, 0.3) is 0 Å². The zero-order chi connectivity index (χ0) is 10.6. The van der Waals surface area contributed by atoms with Crippen LogP contribution in [0.15, 0.2) is 0 Å². The molecular formula is C11H21NO2. The minimum absolute atomic E-state index is 0.142. The molecule has 2 unspecified atom stereocenters. The Kier molecular flexibility index (Phi) is 4.39. The van der Waals surface area contributed by atoms with E-state index in [0.29, 0.717) is 12.3 Å². The molecule has 1 aliphatic heterocycles. The average Bonchev–Trinajstić information content (AvgIpc) is 2.53. The van der Waals surface area contributed by atoms with Crippen LogP contribution in [-0.4, -0.2) is 24.7 Å². The molecule has 0 aromatic heterocycles. The molecule has 0 radical (unpaired) electrons. The van der Waals surface area contributed by atoms with Crippen LogP contribution in [0.4, 0.5) is 0 Å². The summed E-state index contributed by atoms with van der Waals surface area (Å²) in [6.45, 7) is 6.97. The lowest BCUT2D eigenvalue weighted by Gasteiger charge is -2.20. The Hall–Kier alpha value is -0.570. The predicted octanol–water partition coefficient (Wildman–Crippen LogP) is 1.72. The summed E-state index contributed by atoms with van der Waals surface area (Å²) in [5.41, 5.74) is 0. The molecule has 1 saturated heterocycles. The molecule has 1 fully saturated rings. The molecule has 0 spiro atoms.